The van der Waals surface area contributed by atoms with Crippen LogP contribution in [0.15, 0.2) is 27.5 Å². The van der Waals surface area contributed by atoms with Crippen LogP contribution in [0.3, 0.4) is 0 Å². The number of Topliss-reactive ketones (excluding diaryl/α,β-unsaturated/α-hetero) is 1. The summed E-state index contributed by atoms with van der Waals surface area (Å²) >= 11 is 1.42. The van der Waals surface area contributed by atoms with Crippen LogP contribution in [0.2, 0.25) is 0 Å². The maximum Gasteiger partial charge on any atom is 0.321 e. The van der Waals surface area contributed by atoms with Gasteiger partial charge in [0.15, 0.2) is 5.84 Å². The van der Waals surface area contributed by atoms with Crippen LogP contribution in [0.5, 0.6) is 0 Å². The maximum absolute atomic E-state index is 10.9. The number of hydrogen-bond donors (Lipinski definition) is 0. The molecule has 0 bridgehead atoms. The molecule has 64 valence electrons. The van der Waals surface area contributed by atoms with Gasteiger partial charge in [-0.2, -0.15) is 4.99 Å². The van der Waals surface area contributed by atoms with Crippen LogP contribution in [0.1, 0.15) is 4.88 Å². The highest BCUT2D eigenvalue weighted by molar-refractivity contribution is 7.12. The third kappa shape index (κ3) is 1.46. The van der Waals surface area contributed by atoms with Crippen molar-refractivity contribution in [3.8, 4) is 0 Å². The van der Waals surface area contributed by atoms with Gasteiger partial charge < -0.3 is 0 Å². The minimum atomic E-state index is -0.751. The summed E-state index contributed by atoms with van der Waals surface area (Å²) in [6.45, 7) is 0. The van der Waals surface area contributed by atoms with Crippen molar-refractivity contribution >= 4 is 35.1 Å². The third-order valence-corrected chi connectivity index (χ3v) is 2.33. The van der Waals surface area contributed by atoms with Crippen LogP contribution in [0, 0.1) is 0 Å². The molecule has 0 saturated carbocycles. The van der Waals surface area contributed by atoms with Gasteiger partial charge in [0.05, 0.1) is 11.1 Å². The summed E-state index contributed by atoms with van der Waals surface area (Å²) in [4.78, 5) is 29.7. The summed E-state index contributed by atoms with van der Waals surface area (Å²) in [6, 6.07) is 3.63. The predicted octanol–water partition coefficient (Wildman–Crippen LogP) is 0.675. The number of amidine groups is 1. The van der Waals surface area contributed by atoms with Crippen LogP contribution >= 0.6 is 11.3 Å². The average molecular weight is 192 g/mol. The van der Waals surface area contributed by atoms with E-state index in [0.29, 0.717) is 5.84 Å². The highest BCUT2D eigenvalue weighted by Crippen LogP contribution is 2.12. The second-order valence-corrected chi connectivity index (χ2v) is 3.29. The number of nitrogens with zero attached hydrogens (tertiary/aromatic N) is 2. The molecular weight excluding hydrogens is 188 g/mol. The van der Waals surface area contributed by atoms with Gasteiger partial charge in [-0.05, 0) is 11.4 Å². The molecule has 0 aromatic carbocycles. The zero-order valence-electron chi connectivity index (χ0n) is 6.43. The lowest BCUT2D eigenvalue weighted by Crippen LogP contribution is -2.19. The molecule has 2 rings (SSSR count). The molecule has 13 heavy (non-hydrogen) atoms. The number of rotatable bonds is 1. The first-order valence-corrected chi connectivity index (χ1v) is 4.40. The molecule has 1 aliphatic rings. The van der Waals surface area contributed by atoms with E-state index in [9.17, 15) is 9.59 Å². The Hall–Kier alpha value is -1.62. The summed E-state index contributed by atoms with van der Waals surface area (Å²) in [5.41, 5.74) is 0. The Labute approximate surface area is 77.6 Å². The summed E-state index contributed by atoms with van der Waals surface area (Å²) in [7, 11) is 0. The van der Waals surface area contributed by atoms with E-state index in [4.69, 9.17) is 0 Å². The van der Waals surface area contributed by atoms with Gasteiger partial charge >= 0.3 is 5.91 Å². The molecule has 0 saturated heterocycles. The fourth-order valence-electron chi connectivity index (χ4n) is 0.880. The Morgan fingerprint density at radius 3 is 2.77 bits per heavy atom. The van der Waals surface area contributed by atoms with Crippen LogP contribution < -0.4 is 0 Å². The minimum absolute atomic E-state index is 0.319. The number of ketones is 1. The molecule has 0 fully saturated rings. The summed E-state index contributed by atoms with van der Waals surface area (Å²) < 4.78 is 0. The Kier molecular flexibility index (Phi) is 1.86. The molecule has 1 aliphatic heterocycles. The van der Waals surface area contributed by atoms with Gasteiger partial charge in [-0.1, -0.05) is 6.07 Å². The van der Waals surface area contributed by atoms with Crippen LogP contribution in [0.25, 0.3) is 0 Å². The zero-order valence-corrected chi connectivity index (χ0v) is 7.25. The van der Waals surface area contributed by atoms with E-state index in [1.807, 2.05) is 11.4 Å². The summed E-state index contributed by atoms with van der Waals surface area (Å²) in [5.74, 6) is -1.10. The number of amides is 1. The van der Waals surface area contributed by atoms with Gasteiger partial charge in [-0.3, -0.25) is 9.59 Å². The van der Waals surface area contributed by atoms with E-state index in [0.717, 1.165) is 11.1 Å². The van der Waals surface area contributed by atoms with Crippen LogP contribution in [-0.2, 0) is 9.59 Å². The van der Waals surface area contributed by atoms with Crippen molar-refractivity contribution in [2.45, 2.75) is 0 Å². The van der Waals surface area contributed by atoms with E-state index in [1.54, 1.807) is 6.07 Å². The monoisotopic (exact) mass is 192 g/mol. The van der Waals surface area contributed by atoms with Crippen molar-refractivity contribution in [1.82, 2.24) is 0 Å². The molecule has 0 radical (unpaired) electrons. The van der Waals surface area contributed by atoms with E-state index in [-0.39, 0.29) is 0 Å². The van der Waals surface area contributed by atoms with Gasteiger partial charge in [0, 0.05) is 0 Å². The lowest BCUT2D eigenvalue weighted by Gasteiger charge is -1.99. The van der Waals surface area contributed by atoms with Gasteiger partial charge in [-0.25, -0.2) is 4.99 Å². The van der Waals surface area contributed by atoms with Gasteiger partial charge in [0.1, 0.15) is 0 Å². The Bertz CT molecular complexity index is 417. The highest BCUT2D eigenvalue weighted by atomic mass is 32.1. The predicted molar refractivity (Wildman–Crippen MR) is 49.4 cm³/mol. The number of aliphatic imine (C=N–C) groups is 2. The standard InChI is InChI=1S/C8H4N2O2S/c11-5-4-9-7(10-8(5)12)6-2-1-3-13-6/h1-4H. The number of thiophene rings is 1. The fourth-order valence-corrected chi connectivity index (χ4v) is 1.54. The van der Waals surface area contributed by atoms with Crippen molar-refractivity contribution in [2.24, 2.45) is 9.98 Å². The van der Waals surface area contributed by atoms with Crippen molar-refractivity contribution in [3.63, 3.8) is 0 Å². The van der Waals surface area contributed by atoms with E-state index < -0.39 is 11.7 Å². The van der Waals surface area contributed by atoms with Gasteiger partial charge in [0.2, 0.25) is 0 Å². The molecule has 4 nitrogen and oxygen atoms in total. The second-order valence-electron chi connectivity index (χ2n) is 2.34. The minimum Gasteiger partial charge on any atom is -0.282 e. The first kappa shape index (κ1) is 8.00. The molecule has 0 N–H and O–H groups in total. The first-order valence-electron chi connectivity index (χ1n) is 3.52. The molecule has 0 atom stereocenters. The number of carbonyl (C=O) groups excluding carboxylic acids is 2. The first-order chi connectivity index (χ1) is 6.27. The molecule has 1 aromatic rings. The molecule has 1 aromatic heterocycles. The largest absolute Gasteiger partial charge is 0.321 e. The summed E-state index contributed by atoms with van der Waals surface area (Å²) in [5, 5.41) is 1.86. The van der Waals surface area contributed by atoms with Crippen molar-refractivity contribution in [1.29, 1.82) is 0 Å². The van der Waals surface area contributed by atoms with Crippen molar-refractivity contribution in [2.75, 3.05) is 0 Å². The van der Waals surface area contributed by atoms with E-state index in [2.05, 4.69) is 9.98 Å². The normalized spacial score (nSPS) is 16.2. The van der Waals surface area contributed by atoms with E-state index >= 15 is 0 Å². The lowest BCUT2D eigenvalue weighted by atomic mass is 10.3. The third-order valence-electron chi connectivity index (χ3n) is 1.46. The number of hydrogen-bond acceptors (Lipinski definition) is 4. The maximum atomic E-state index is 10.9. The molecular formula is C8H4N2O2S. The van der Waals surface area contributed by atoms with Gasteiger partial charge in [0.25, 0.3) is 5.78 Å². The van der Waals surface area contributed by atoms with E-state index in [1.165, 1.54) is 11.3 Å². The average Bonchev–Trinajstić information content (AvgIpc) is 2.62. The smallest absolute Gasteiger partial charge is 0.282 e. The Morgan fingerprint density at radius 2 is 2.15 bits per heavy atom. The van der Waals surface area contributed by atoms with Crippen LogP contribution in [0.4, 0.5) is 0 Å². The Balaban J connectivity index is 2.38. The molecule has 0 aliphatic carbocycles. The second kappa shape index (κ2) is 3.02. The molecule has 5 heteroatoms. The van der Waals surface area contributed by atoms with Crippen molar-refractivity contribution in [3.05, 3.63) is 22.4 Å². The molecule has 0 unspecified atom stereocenters. The number of carbonyl (C=O) groups is 2. The zero-order chi connectivity index (χ0) is 9.26. The molecule has 0 spiro atoms. The molecule has 1 amide bonds. The topological polar surface area (TPSA) is 58.9 Å². The quantitative estimate of drug-likeness (QED) is 0.614. The lowest BCUT2D eigenvalue weighted by molar-refractivity contribution is -0.131. The van der Waals surface area contributed by atoms with Crippen molar-refractivity contribution < 1.29 is 9.59 Å². The SMILES string of the molecule is O=C1C=NC(c2cccs2)=NC1=O. The highest BCUT2D eigenvalue weighted by Gasteiger charge is 2.17. The van der Waals surface area contributed by atoms with Gasteiger partial charge in [-0.15, -0.1) is 11.3 Å². The van der Waals surface area contributed by atoms with Crippen LogP contribution in [-0.4, -0.2) is 23.7 Å². The molecule has 2 heterocycles. The summed E-state index contributed by atoms with van der Waals surface area (Å²) in [6.07, 6.45) is 1.00. The Morgan fingerprint density at radius 1 is 1.31 bits per heavy atom. The fraction of sp³-hybridized carbons (Fsp3) is 0.